The van der Waals surface area contributed by atoms with Gasteiger partial charge in [0.1, 0.15) is 17.4 Å². The van der Waals surface area contributed by atoms with Crippen LogP contribution < -0.4 is 16.0 Å². The van der Waals surface area contributed by atoms with E-state index >= 15 is 0 Å². The van der Waals surface area contributed by atoms with Crippen molar-refractivity contribution in [3.05, 3.63) is 70.7 Å². The standard InChI is InChI=1S/C25H23F3N4O2/c1-13-6-17(26)20(9-21(13)33)31-19-4-5-29-24-23(19)22(34)8-15-7-14(2-3-18(15)32-24)12-30-16-10-25(27,28)11-16/h2-7,9,16,30,33H,8,10-12H2,1H3,(H2,29,31,32). The molecule has 0 saturated heterocycles. The summed E-state index contributed by atoms with van der Waals surface area (Å²) in [6.07, 6.45) is 1.28. The number of anilines is 4. The number of aryl methyl sites for hydroxylation is 1. The first-order valence-electron chi connectivity index (χ1n) is 11.0. The van der Waals surface area contributed by atoms with Gasteiger partial charge in [-0.3, -0.25) is 4.79 Å². The van der Waals surface area contributed by atoms with Crippen LogP contribution in [0.4, 0.5) is 36.1 Å². The van der Waals surface area contributed by atoms with E-state index in [1.807, 2.05) is 18.2 Å². The average Bonchev–Trinajstić information content (AvgIpc) is 2.90. The van der Waals surface area contributed by atoms with Gasteiger partial charge in [-0.05, 0) is 41.8 Å². The Morgan fingerprint density at radius 1 is 1.18 bits per heavy atom. The van der Waals surface area contributed by atoms with Crippen molar-refractivity contribution >= 4 is 28.7 Å². The molecule has 1 aliphatic heterocycles. The largest absolute Gasteiger partial charge is 0.508 e. The molecule has 9 heteroatoms. The second kappa shape index (κ2) is 8.32. The van der Waals surface area contributed by atoms with E-state index < -0.39 is 11.7 Å². The zero-order valence-electron chi connectivity index (χ0n) is 18.4. The number of aromatic hydroxyl groups is 1. The van der Waals surface area contributed by atoms with Crippen molar-refractivity contribution in [2.45, 2.75) is 44.7 Å². The molecule has 1 aliphatic carbocycles. The highest BCUT2D eigenvalue weighted by atomic mass is 19.3. The Balaban J connectivity index is 1.38. The number of pyridine rings is 1. The minimum absolute atomic E-state index is 0.0426. The molecule has 2 aromatic carbocycles. The Morgan fingerprint density at radius 2 is 1.97 bits per heavy atom. The van der Waals surface area contributed by atoms with E-state index in [-0.39, 0.29) is 48.1 Å². The highest BCUT2D eigenvalue weighted by Gasteiger charge is 2.44. The summed E-state index contributed by atoms with van der Waals surface area (Å²) in [5.74, 6) is -3.07. The SMILES string of the molecule is Cc1cc(F)c(Nc2ccnc3c2C(=O)Cc2cc(CNC4CC(F)(F)C4)ccc2N3)cc1O. The molecular formula is C25H23F3N4O2. The van der Waals surface area contributed by atoms with Gasteiger partial charge in [-0.25, -0.2) is 18.2 Å². The Morgan fingerprint density at radius 3 is 2.74 bits per heavy atom. The van der Waals surface area contributed by atoms with Gasteiger partial charge < -0.3 is 21.1 Å². The van der Waals surface area contributed by atoms with Gasteiger partial charge in [-0.2, -0.15) is 0 Å². The Bertz CT molecular complexity index is 1290. The van der Waals surface area contributed by atoms with E-state index in [9.17, 15) is 23.1 Å². The van der Waals surface area contributed by atoms with Crippen molar-refractivity contribution in [3.8, 4) is 5.75 Å². The monoisotopic (exact) mass is 468 g/mol. The number of nitrogens with one attached hydrogen (secondary N) is 3. The van der Waals surface area contributed by atoms with Crippen molar-refractivity contribution in [1.29, 1.82) is 0 Å². The molecule has 1 aromatic heterocycles. The van der Waals surface area contributed by atoms with Gasteiger partial charge in [-0.1, -0.05) is 12.1 Å². The molecule has 2 aliphatic rings. The van der Waals surface area contributed by atoms with Crippen LogP contribution in [-0.2, 0) is 13.0 Å². The fourth-order valence-electron chi connectivity index (χ4n) is 4.33. The molecule has 3 aromatic rings. The number of hydrogen-bond acceptors (Lipinski definition) is 6. The summed E-state index contributed by atoms with van der Waals surface area (Å²) >= 11 is 0. The number of Topliss-reactive ketones (excluding diaryl/α,β-unsaturated/α-hetero) is 1. The number of phenolic OH excluding ortho intramolecular Hbond substituents is 1. The lowest BCUT2D eigenvalue weighted by molar-refractivity contribution is -0.0930. The number of rotatable bonds is 5. The summed E-state index contributed by atoms with van der Waals surface area (Å²) in [5, 5.41) is 19.2. The Hall–Kier alpha value is -3.59. The third kappa shape index (κ3) is 4.31. The smallest absolute Gasteiger partial charge is 0.251 e. The lowest BCUT2D eigenvalue weighted by Crippen LogP contribution is -2.48. The van der Waals surface area contributed by atoms with Crippen LogP contribution in [-0.4, -0.2) is 27.8 Å². The first-order valence-corrected chi connectivity index (χ1v) is 11.0. The van der Waals surface area contributed by atoms with E-state index in [2.05, 4.69) is 20.9 Å². The summed E-state index contributed by atoms with van der Waals surface area (Å²) in [6.45, 7) is 2.02. The second-order valence-corrected chi connectivity index (χ2v) is 8.88. The van der Waals surface area contributed by atoms with Crippen molar-refractivity contribution in [3.63, 3.8) is 0 Å². The number of halogens is 3. The molecule has 0 amide bonds. The van der Waals surface area contributed by atoms with Crippen LogP contribution in [0.15, 0.2) is 42.6 Å². The summed E-state index contributed by atoms with van der Waals surface area (Å²) in [5.41, 5.74) is 3.46. The molecule has 34 heavy (non-hydrogen) atoms. The number of carbonyl (C=O) groups is 1. The van der Waals surface area contributed by atoms with Crippen LogP contribution in [0.3, 0.4) is 0 Å². The first-order chi connectivity index (χ1) is 16.2. The van der Waals surface area contributed by atoms with E-state index in [0.717, 1.165) is 16.8 Å². The molecule has 6 nitrogen and oxygen atoms in total. The van der Waals surface area contributed by atoms with E-state index in [1.165, 1.54) is 18.3 Å². The van der Waals surface area contributed by atoms with Crippen molar-refractivity contribution in [1.82, 2.24) is 10.3 Å². The first kappa shape index (κ1) is 22.2. The summed E-state index contributed by atoms with van der Waals surface area (Å²) in [7, 11) is 0. The van der Waals surface area contributed by atoms with Crippen LogP contribution >= 0.6 is 0 Å². The van der Waals surface area contributed by atoms with Crippen molar-refractivity contribution in [2.75, 3.05) is 10.6 Å². The van der Waals surface area contributed by atoms with Crippen molar-refractivity contribution < 1.29 is 23.1 Å². The van der Waals surface area contributed by atoms with Gasteiger partial charge in [0.05, 0.1) is 16.9 Å². The maximum absolute atomic E-state index is 14.4. The van der Waals surface area contributed by atoms with Gasteiger partial charge in [0.2, 0.25) is 0 Å². The number of phenols is 1. The topological polar surface area (TPSA) is 86.3 Å². The zero-order chi connectivity index (χ0) is 24.0. The number of nitrogens with zero attached hydrogens (tertiary/aromatic N) is 1. The minimum Gasteiger partial charge on any atom is -0.508 e. The third-order valence-electron chi connectivity index (χ3n) is 6.24. The second-order valence-electron chi connectivity index (χ2n) is 8.88. The highest BCUT2D eigenvalue weighted by Crippen LogP contribution is 2.38. The van der Waals surface area contributed by atoms with Crippen LogP contribution in [0.1, 0.15) is 39.9 Å². The fraction of sp³-hybridized carbons (Fsp3) is 0.280. The number of ketones is 1. The predicted octanol–water partition coefficient (Wildman–Crippen LogP) is 5.35. The molecule has 0 bridgehead atoms. The molecule has 0 radical (unpaired) electrons. The van der Waals surface area contributed by atoms with Gasteiger partial charge >= 0.3 is 0 Å². The summed E-state index contributed by atoms with van der Waals surface area (Å²) < 4.78 is 40.6. The molecular weight excluding hydrogens is 445 g/mol. The summed E-state index contributed by atoms with van der Waals surface area (Å²) in [4.78, 5) is 17.5. The molecule has 1 fully saturated rings. The number of carbonyl (C=O) groups excluding carboxylic acids is 1. The normalized spacial score (nSPS) is 16.6. The number of fused-ring (bicyclic) bond motifs is 2. The molecule has 0 unspecified atom stereocenters. The lowest BCUT2D eigenvalue weighted by atomic mass is 9.88. The maximum atomic E-state index is 14.4. The zero-order valence-corrected chi connectivity index (χ0v) is 18.4. The van der Waals surface area contributed by atoms with E-state index in [4.69, 9.17) is 0 Å². The van der Waals surface area contributed by atoms with E-state index in [1.54, 1.807) is 13.0 Å². The van der Waals surface area contributed by atoms with Gasteiger partial charge in [-0.15, -0.1) is 0 Å². The van der Waals surface area contributed by atoms with Crippen molar-refractivity contribution in [2.24, 2.45) is 0 Å². The van der Waals surface area contributed by atoms with Gasteiger partial charge in [0.15, 0.2) is 5.78 Å². The molecule has 4 N–H and O–H groups in total. The number of hydrogen-bond donors (Lipinski definition) is 4. The number of benzene rings is 2. The van der Waals surface area contributed by atoms with Crippen LogP contribution in [0.25, 0.3) is 0 Å². The summed E-state index contributed by atoms with van der Waals surface area (Å²) in [6, 6.07) is 9.44. The minimum atomic E-state index is -2.58. The van der Waals surface area contributed by atoms with Crippen LogP contribution in [0, 0.1) is 12.7 Å². The molecule has 1 saturated carbocycles. The average molecular weight is 468 g/mol. The molecule has 0 spiro atoms. The third-order valence-corrected chi connectivity index (χ3v) is 6.24. The maximum Gasteiger partial charge on any atom is 0.251 e. The quantitative estimate of drug-likeness (QED) is 0.404. The molecule has 2 heterocycles. The number of alkyl halides is 2. The molecule has 5 rings (SSSR count). The van der Waals surface area contributed by atoms with Gasteiger partial charge in [0.25, 0.3) is 5.92 Å². The van der Waals surface area contributed by atoms with E-state index in [0.29, 0.717) is 23.6 Å². The molecule has 176 valence electrons. The Kier molecular flexibility index (Phi) is 5.44. The number of aromatic nitrogens is 1. The predicted molar refractivity (Wildman–Crippen MR) is 123 cm³/mol. The lowest BCUT2D eigenvalue weighted by Gasteiger charge is -2.35. The molecule has 0 atom stereocenters. The van der Waals surface area contributed by atoms with Crippen LogP contribution in [0.5, 0.6) is 5.75 Å². The van der Waals surface area contributed by atoms with Gasteiger partial charge in [0, 0.05) is 49.8 Å². The van der Waals surface area contributed by atoms with Crippen LogP contribution in [0.2, 0.25) is 0 Å². The fourth-order valence-corrected chi connectivity index (χ4v) is 4.33. The highest BCUT2D eigenvalue weighted by molar-refractivity contribution is 6.09. The Labute approximate surface area is 194 Å².